The van der Waals surface area contributed by atoms with Crippen molar-refractivity contribution < 1.29 is 14.3 Å². The fraction of sp³-hybridized carbons (Fsp3) is 0.500. The van der Waals surface area contributed by atoms with E-state index in [9.17, 15) is 4.79 Å². The van der Waals surface area contributed by atoms with Gasteiger partial charge in [0.25, 0.3) is 0 Å². The Bertz CT molecular complexity index is 1010. The molecular formula is C24H31N4O3-. The quantitative estimate of drug-likeness (QED) is 0.696. The van der Waals surface area contributed by atoms with Crippen LogP contribution in [-0.4, -0.2) is 66.6 Å². The fourth-order valence-electron chi connectivity index (χ4n) is 3.88. The molecule has 3 aliphatic heterocycles. The van der Waals surface area contributed by atoms with Gasteiger partial charge in [-0.25, -0.2) is 4.79 Å². The van der Waals surface area contributed by atoms with Crippen LogP contribution >= 0.6 is 0 Å². The van der Waals surface area contributed by atoms with Crippen LogP contribution in [0.3, 0.4) is 0 Å². The first kappa shape index (κ1) is 21.4. The monoisotopic (exact) mass is 423 g/mol. The van der Waals surface area contributed by atoms with E-state index in [0.29, 0.717) is 38.5 Å². The zero-order valence-corrected chi connectivity index (χ0v) is 18.9. The molecule has 3 heterocycles. The first-order valence-electron chi connectivity index (χ1n) is 10.9. The Morgan fingerprint density at radius 3 is 2.52 bits per heavy atom. The van der Waals surface area contributed by atoms with E-state index in [4.69, 9.17) is 19.8 Å². The zero-order chi connectivity index (χ0) is 22.0. The highest BCUT2D eigenvalue weighted by Crippen LogP contribution is 2.34. The summed E-state index contributed by atoms with van der Waals surface area (Å²) in [6, 6.07) is 8.24. The third kappa shape index (κ3) is 4.93. The maximum Gasteiger partial charge on any atom is 0.410 e. The van der Waals surface area contributed by atoms with Gasteiger partial charge in [-0.2, -0.15) is 0 Å². The molecule has 31 heavy (non-hydrogen) atoms. The molecule has 1 aromatic rings. The lowest BCUT2D eigenvalue weighted by atomic mass is 9.99. The van der Waals surface area contributed by atoms with Gasteiger partial charge in [-0.15, -0.1) is 0 Å². The Kier molecular flexibility index (Phi) is 6.05. The predicted molar refractivity (Wildman–Crippen MR) is 122 cm³/mol. The molecule has 0 radical (unpaired) electrons. The fourth-order valence-corrected chi connectivity index (χ4v) is 3.88. The number of fused-ring (bicyclic) bond motifs is 1. The molecule has 166 valence electrons. The first-order chi connectivity index (χ1) is 14.8. The Morgan fingerprint density at radius 1 is 1.16 bits per heavy atom. The smallest absolute Gasteiger partial charge is 0.410 e. The van der Waals surface area contributed by atoms with Gasteiger partial charge in [-0.1, -0.05) is 30.3 Å². The van der Waals surface area contributed by atoms with Crippen LogP contribution in [0.15, 0.2) is 40.7 Å². The Morgan fingerprint density at radius 2 is 1.87 bits per heavy atom. The van der Waals surface area contributed by atoms with Crippen LogP contribution in [0.4, 0.5) is 4.79 Å². The van der Waals surface area contributed by atoms with Crippen molar-refractivity contribution in [2.75, 3.05) is 39.4 Å². The minimum atomic E-state index is -0.523. The SMILES string of the molecule is CC=c1ccc(=C2N=C3CN(C(=O)OC(C)(C)C)CCC3=C(N3CCOCC3)[N-]2)cc1. The number of carbonyl (C=O) groups excluding carboxylic acids is 1. The lowest BCUT2D eigenvalue weighted by Crippen LogP contribution is -2.46. The van der Waals surface area contributed by atoms with Crippen LogP contribution in [0.1, 0.15) is 34.1 Å². The van der Waals surface area contributed by atoms with Crippen molar-refractivity contribution in [2.24, 2.45) is 4.99 Å². The molecule has 7 nitrogen and oxygen atoms in total. The van der Waals surface area contributed by atoms with E-state index in [1.165, 1.54) is 0 Å². The van der Waals surface area contributed by atoms with Gasteiger partial charge in [0.15, 0.2) is 0 Å². The summed E-state index contributed by atoms with van der Waals surface area (Å²) in [5.74, 6) is 1.66. The van der Waals surface area contributed by atoms with Crippen LogP contribution in [0.2, 0.25) is 0 Å². The summed E-state index contributed by atoms with van der Waals surface area (Å²) in [6.07, 6.45) is 2.48. The second-order valence-corrected chi connectivity index (χ2v) is 8.96. The largest absolute Gasteiger partial charge is 0.444 e. The van der Waals surface area contributed by atoms with Gasteiger partial charge in [0.2, 0.25) is 0 Å². The van der Waals surface area contributed by atoms with E-state index >= 15 is 0 Å². The average Bonchev–Trinajstić information content (AvgIpc) is 2.77. The highest BCUT2D eigenvalue weighted by Gasteiger charge is 2.30. The molecule has 7 heteroatoms. The number of ether oxygens (including phenoxy) is 2. The lowest BCUT2D eigenvalue weighted by Gasteiger charge is -2.44. The molecule has 2 fully saturated rings. The van der Waals surface area contributed by atoms with Gasteiger partial charge >= 0.3 is 6.09 Å². The molecular weight excluding hydrogens is 392 g/mol. The van der Waals surface area contributed by atoms with E-state index < -0.39 is 5.60 Å². The van der Waals surface area contributed by atoms with Gasteiger partial charge in [-0.05, 0) is 68.9 Å². The number of amides is 1. The summed E-state index contributed by atoms with van der Waals surface area (Å²) in [4.78, 5) is 21.6. The number of hydrogen-bond acceptors (Lipinski definition) is 5. The highest BCUT2D eigenvalue weighted by molar-refractivity contribution is 6.08. The summed E-state index contributed by atoms with van der Waals surface area (Å²) in [5.41, 5.74) is 1.50. The molecule has 0 saturated carbocycles. The number of piperidine rings is 1. The van der Waals surface area contributed by atoms with E-state index in [0.717, 1.165) is 40.6 Å². The zero-order valence-electron chi connectivity index (χ0n) is 18.9. The molecule has 0 N–H and O–H groups in total. The van der Waals surface area contributed by atoms with Crippen LogP contribution in [0.5, 0.6) is 0 Å². The van der Waals surface area contributed by atoms with Crippen molar-refractivity contribution in [1.82, 2.24) is 9.80 Å². The van der Waals surface area contributed by atoms with E-state index in [1.807, 2.05) is 27.7 Å². The van der Waals surface area contributed by atoms with Crippen molar-refractivity contribution in [1.29, 1.82) is 0 Å². The number of rotatable bonds is 1. The van der Waals surface area contributed by atoms with Crippen molar-refractivity contribution in [3.8, 4) is 0 Å². The average molecular weight is 424 g/mol. The summed E-state index contributed by atoms with van der Waals surface area (Å²) >= 11 is 0. The topological polar surface area (TPSA) is 68.5 Å². The van der Waals surface area contributed by atoms with Gasteiger partial charge < -0.3 is 29.6 Å². The Hall–Kier alpha value is -2.80. The van der Waals surface area contributed by atoms with Crippen LogP contribution in [-0.2, 0) is 9.47 Å². The van der Waals surface area contributed by atoms with Gasteiger partial charge in [0.1, 0.15) is 5.60 Å². The van der Waals surface area contributed by atoms with Gasteiger partial charge in [-0.3, -0.25) is 0 Å². The number of benzene rings is 1. The summed E-state index contributed by atoms with van der Waals surface area (Å²) in [5, 5.41) is 7.11. The van der Waals surface area contributed by atoms with E-state index in [1.54, 1.807) is 4.90 Å². The van der Waals surface area contributed by atoms with Crippen LogP contribution < -0.4 is 10.4 Å². The number of aliphatic imine (C=N–C) groups is 1. The number of likely N-dealkylation sites (tertiary alicyclic amines) is 1. The van der Waals surface area contributed by atoms with E-state index in [-0.39, 0.29) is 6.09 Å². The molecule has 0 bridgehead atoms. The molecule has 0 atom stereocenters. The third-order valence-corrected chi connectivity index (χ3v) is 5.51. The minimum absolute atomic E-state index is 0.297. The molecule has 0 aromatic heterocycles. The number of hydrogen-bond donors (Lipinski definition) is 0. The van der Waals surface area contributed by atoms with Gasteiger partial charge in [0, 0.05) is 18.2 Å². The first-order valence-corrected chi connectivity index (χ1v) is 10.9. The number of nitrogens with zero attached hydrogens (tertiary/aromatic N) is 4. The van der Waals surface area contributed by atoms with Gasteiger partial charge in [0.05, 0.1) is 19.8 Å². The molecule has 0 spiro atoms. The molecule has 1 amide bonds. The van der Waals surface area contributed by atoms with E-state index in [2.05, 4.69) is 35.2 Å². The van der Waals surface area contributed by atoms with Crippen molar-refractivity contribution in [3.05, 3.63) is 51.4 Å². The van der Waals surface area contributed by atoms with Crippen molar-refractivity contribution >= 4 is 23.7 Å². The van der Waals surface area contributed by atoms with Crippen molar-refractivity contribution in [3.63, 3.8) is 0 Å². The molecule has 0 aliphatic carbocycles. The molecule has 1 aromatic carbocycles. The van der Waals surface area contributed by atoms with Crippen LogP contribution in [0, 0.1) is 0 Å². The summed E-state index contributed by atoms with van der Waals surface area (Å²) in [6.45, 7) is 11.7. The Balaban J connectivity index is 1.70. The Labute approximate surface area is 183 Å². The number of morpholine rings is 1. The maximum atomic E-state index is 12.7. The third-order valence-electron chi connectivity index (χ3n) is 5.51. The highest BCUT2D eigenvalue weighted by atomic mass is 16.6. The second-order valence-electron chi connectivity index (χ2n) is 8.96. The summed E-state index contributed by atoms with van der Waals surface area (Å²) < 4.78 is 11.1. The lowest BCUT2D eigenvalue weighted by molar-refractivity contribution is 0.0273. The predicted octanol–water partition coefficient (Wildman–Crippen LogP) is 2.57. The summed E-state index contributed by atoms with van der Waals surface area (Å²) in [7, 11) is 0. The maximum absolute atomic E-state index is 12.7. The van der Waals surface area contributed by atoms with Crippen molar-refractivity contribution in [2.45, 2.75) is 39.7 Å². The number of carbonyl (C=O) groups is 1. The standard InChI is InChI=1S/C24H31N4O3/c1-5-17-6-8-18(9-7-17)21-25-20-16-28(23(29)31-24(2,3)4)11-10-19(20)22(26-21)27-12-14-30-15-13-27/h5-9H,10-16H2,1-4H3/q-1. The van der Waals surface area contributed by atoms with Crippen LogP contribution in [0.25, 0.3) is 17.2 Å². The molecule has 3 aliphatic rings. The molecule has 2 saturated heterocycles. The normalized spacial score (nSPS) is 19.5. The minimum Gasteiger partial charge on any atom is -0.444 e. The second kappa shape index (κ2) is 8.75. The molecule has 0 unspecified atom stereocenters. The molecule has 4 rings (SSSR count).